The number of benzene rings is 2. The van der Waals surface area contributed by atoms with E-state index in [1.54, 1.807) is 53.6 Å². The number of aromatic amines is 1. The van der Waals surface area contributed by atoms with Crippen molar-refractivity contribution in [1.82, 2.24) is 14.9 Å². The number of nitrogens with one attached hydrogen (secondary N) is 2. The van der Waals surface area contributed by atoms with E-state index in [9.17, 15) is 19.1 Å². The van der Waals surface area contributed by atoms with Crippen molar-refractivity contribution in [3.8, 4) is 0 Å². The minimum Gasteiger partial charge on any atom is -0.378 e. The van der Waals surface area contributed by atoms with Gasteiger partial charge in [0.1, 0.15) is 17.3 Å². The molecule has 1 saturated heterocycles. The van der Waals surface area contributed by atoms with E-state index in [0.717, 1.165) is 5.57 Å². The molecular formula is C32H37FN4O3. The smallest absolute Gasteiger partial charge is 0.256 e. The lowest BCUT2D eigenvalue weighted by Crippen LogP contribution is -2.41. The molecule has 1 aliphatic heterocycles. The number of nitrogens with zero attached hydrogens (tertiary/aromatic N) is 2. The standard InChI is InChI=1S/C32H37FN4O3/c1-19(2)25(17-27(34)22-10-12-24(33)13-11-22)31-35-18-28(36-31)30(39)26-16-21(4)37(15-14-20(26)3)32(40)29(38)23-8-6-5-7-9-23/h5-13,17-21,26,29,34,38H,14-16H2,1-4H3,(H,35,36)/b25-17-,34-27?. The van der Waals surface area contributed by atoms with Crippen molar-refractivity contribution in [3.05, 3.63) is 95.3 Å². The van der Waals surface area contributed by atoms with E-state index in [0.29, 0.717) is 42.0 Å². The molecule has 4 rings (SSSR count). The number of amides is 1. The highest BCUT2D eigenvalue weighted by molar-refractivity contribution is 6.10. The van der Waals surface area contributed by atoms with E-state index in [1.807, 2.05) is 33.8 Å². The van der Waals surface area contributed by atoms with Gasteiger partial charge >= 0.3 is 0 Å². The molecule has 0 spiro atoms. The second-order valence-corrected chi connectivity index (χ2v) is 11.0. The molecule has 0 aliphatic carbocycles. The van der Waals surface area contributed by atoms with Crippen molar-refractivity contribution in [2.24, 2.45) is 17.8 Å². The van der Waals surface area contributed by atoms with Crippen molar-refractivity contribution in [1.29, 1.82) is 5.41 Å². The molecule has 1 amide bonds. The molecule has 0 radical (unpaired) electrons. The lowest BCUT2D eigenvalue weighted by atomic mass is 9.83. The number of allylic oxidation sites excluding steroid dienone is 2. The van der Waals surface area contributed by atoms with E-state index in [-0.39, 0.29) is 47.0 Å². The van der Waals surface area contributed by atoms with Crippen LogP contribution < -0.4 is 0 Å². The Hall–Kier alpha value is -3.91. The summed E-state index contributed by atoms with van der Waals surface area (Å²) in [6.07, 6.45) is 3.11. The summed E-state index contributed by atoms with van der Waals surface area (Å²) in [6.45, 7) is 8.38. The van der Waals surface area contributed by atoms with Gasteiger partial charge in [-0.05, 0) is 78.6 Å². The van der Waals surface area contributed by atoms with Gasteiger partial charge in [-0.1, -0.05) is 51.1 Å². The van der Waals surface area contributed by atoms with Crippen LogP contribution >= 0.6 is 0 Å². The van der Waals surface area contributed by atoms with E-state index in [2.05, 4.69) is 9.97 Å². The normalized spacial score (nSPS) is 20.7. The van der Waals surface area contributed by atoms with Gasteiger partial charge in [0.05, 0.1) is 11.9 Å². The molecule has 8 heteroatoms. The fraction of sp³-hybridized carbons (Fsp3) is 0.375. The SMILES string of the molecule is CC(C)/C(=C/C(=N)c1ccc(F)cc1)c1ncc(C(=O)C2CC(C)N(C(=O)C(O)c3ccccc3)CCC2C)[nH]1. The third-order valence-corrected chi connectivity index (χ3v) is 7.80. The number of Topliss-reactive ketones (excluding diaryl/α,β-unsaturated/α-hetero) is 1. The zero-order valence-electron chi connectivity index (χ0n) is 23.4. The van der Waals surface area contributed by atoms with Crippen LogP contribution in [0.3, 0.4) is 0 Å². The number of ketones is 1. The van der Waals surface area contributed by atoms with Crippen molar-refractivity contribution < 1.29 is 19.1 Å². The van der Waals surface area contributed by atoms with Gasteiger partial charge in [-0.15, -0.1) is 0 Å². The number of rotatable bonds is 8. The van der Waals surface area contributed by atoms with Gasteiger partial charge in [0.25, 0.3) is 5.91 Å². The second-order valence-electron chi connectivity index (χ2n) is 11.0. The first kappa shape index (κ1) is 29.1. The van der Waals surface area contributed by atoms with E-state index in [4.69, 9.17) is 5.41 Å². The average molecular weight is 545 g/mol. The maximum Gasteiger partial charge on any atom is 0.256 e. The number of H-pyrrole nitrogens is 1. The summed E-state index contributed by atoms with van der Waals surface area (Å²) in [4.78, 5) is 36.3. The monoisotopic (exact) mass is 544 g/mol. The van der Waals surface area contributed by atoms with Crippen LogP contribution in [0.25, 0.3) is 5.57 Å². The Bertz CT molecular complexity index is 1380. The van der Waals surface area contributed by atoms with E-state index < -0.39 is 6.10 Å². The number of carbonyl (C=O) groups excluding carboxylic acids is 2. The van der Waals surface area contributed by atoms with Gasteiger partial charge in [0, 0.05) is 18.5 Å². The molecule has 2 aromatic carbocycles. The number of aromatic nitrogens is 2. The van der Waals surface area contributed by atoms with Crippen LogP contribution in [0.15, 0.2) is 66.9 Å². The number of likely N-dealkylation sites (tertiary alicyclic amines) is 1. The number of halogens is 1. The Kier molecular flexibility index (Phi) is 9.10. The fourth-order valence-corrected chi connectivity index (χ4v) is 5.29. The molecule has 1 aliphatic rings. The summed E-state index contributed by atoms with van der Waals surface area (Å²) in [7, 11) is 0. The first-order chi connectivity index (χ1) is 19.1. The maximum atomic E-state index is 13.7. The number of imidazole rings is 1. The Morgan fingerprint density at radius 1 is 1.12 bits per heavy atom. The molecule has 40 heavy (non-hydrogen) atoms. The summed E-state index contributed by atoms with van der Waals surface area (Å²) in [5.74, 6) is -0.532. The predicted octanol–water partition coefficient (Wildman–Crippen LogP) is 5.84. The van der Waals surface area contributed by atoms with Gasteiger partial charge in [0.15, 0.2) is 11.9 Å². The lowest BCUT2D eigenvalue weighted by Gasteiger charge is -2.30. The first-order valence-electron chi connectivity index (χ1n) is 13.8. The highest BCUT2D eigenvalue weighted by Crippen LogP contribution is 2.32. The summed E-state index contributed by atoms with van der Waals surface area (Å²) in [5.41, 5.74) is 2.52. The van der Waals surface area contributed by atoms with Gasteiger partial charge < -0.3 is 20.4 Å². The quantitative estimate of drug-likeness (QED) is 0.245. The third-order valence-electron chi connectivity index (χ3n) is 7.80. The molecular weight excluding hydrogens is 507 g/mol. The van der Waals surface area contributed by atoms with Gasteiger partial charge in [-0.2, -0.15) is 0 Å². The van der Waals surface area contributed by atoms with Crippen LogP contribution in [-0.2, 0) is 4.79 Å². The third kappa shape index (κ3) is 6.45. The van der Waals surface area contributed by atoms with Crippen LogP contribution in [0, 0.1) is 29.0 Å². The predicted molar refractivity (Wildman–Crippen MR) is 153 cm³/mol. The fourth-order valence-electron chi connectivity index (χ4n) is 5.29. The Morgan fingerprint density at radius 3 is 2.45 bits per heavy atom. The van der Waals surface area contributed by atoms with Crippen LogP contribution in [-0.4, -0.2) is 50.0 Å². The number of aliphatic hydroxyl groups excluding tert-OH is 1. The number of carbonyl (C=O) groups is 2. The second kappa shape index (κ2) is 12.5. The highest BCUT2D eigenvalue weighted by Gasteiger charge is 2.37. The Balaban J connectivity index is 1.51. The minimum atomic E-state index is -1.24. The minimum absolute atomic E-state index is 0.0161. The molecule has 4 atom stereocenters. The molecule has 1 fully saturated rings. The topological polar surface area (TPSA) is 110 Å². The Morgan fingerprint density at radius 2 is 1.80 bits per heavy atom. The molecule has 3 N–H and O–H groups in total. The number of hydrogen-bond acceptors (Lipinski definition) is 5. The van der Waals surface area contributed by atoms with Crippen molar-refractivity contribution in [2.75, 3.05) is 6.54 Å². The molecule has 4 unspecified atom stereocenters. The van der Waals surface area contributed by atoms with Crippen molar-refractivity contribution in [3.63, 3.8) is 0 Å². The summed E-state index contributed by atoms with van der Waals surface area (Å²) < 4.78 is 13.3. The highest BCUT2D eigenvalue weighted by atomic mass is 19.1. The average Bonchev–Trinajstić information content (AvgIpc) is 3.38. The number of aliphatic hydroxyl groups is 1. The summed E-state index contributed by atoms with van der Waals surface area (Å²) >= 11 is 0. The lowest BCUT2D eigenvalue weighted by molar-refractivity contribution is -0.142. The molecule has 0 bridgehead atoms. The van der Waals surface area contributed by atoms with E-state index >= 15 is 0 Å². The van der Waals surface area contributed by atoms with Gasteiger partial charge in [-0.25, -0.2) is 9.37 Å². The summed E-state index contributed by atoms with van der Waals surface area (Å²) in [6, 6.07) is 14.4. The summed E-state index contributed by atoms with van der Waals surface area (Å²) in [5, 5.41) is 19.2. The zero-order chi connectivity index (χ0) is 29.0. The number of hydrogen-bond donors (Lipinski definition) is 3. The first-order valence-corrected chi connectivity index (χ1v) is 13.8. The van der Waals surface area contributed by atoms with Crippen LogP contribution in [0.4, 0.5) is 4.39 Å². The molecule has 210 valence electrons. The van der Waals surface area contributed by atoms with Crippen LogP contribution in [0.2, 0.25) is 0 Å². The molecule has 0 saturated carbocycles. The molecule has 3 aromatic rings. The largest absolute Gasteiger partial charge is 0.378 e. The van der Waals surface area contributed by atoms with Crippen LogP contribution in [0.5, 0.6) is 0 Å². The van der Waals surface area contributed by atoms with Gasteiger partial charge in [0.2, 0.25) is 0 Å². The zero-order valence-corrected chi connectivity index (χ0v) is 23.4. The molecule has 1 aromatic heterocycles. The van der Waals surface area contributed by atoms with E-state index in [1.165, 1.54) is 12.1 Å². The van der Waals surface area contributed by atoms with Crippen molar-refractivity contribution in [2.45, 2.75) is 52.7 Å². The van der Waals surface area contributed by atoms with Crippen LogP contribution in [0.1, 0.15) is 74.1 Å². The van der Waals surface area contributed by atoms with Gasteiger partial charge in [-0.3, -0.25) is 9.59 Å². The molecule has 7 nitrogen and oxygen atoms in total. The maximum absolute atomic E-state index is 13.7. The Labute approximate surface area is 234 Å². The van der Waals surface area contributed by atoms with Crippen molar-refractivity contribution >= 4 is 23.0 Å². The molecule has 2 heterocycles.